The highest BCUT2D eigenvalue weighted by atomic mass is 16.6. The van der Waals surface area contributed by atoms with Crippen LogP contribution in [0.15, 0.2) is 48.5 Å². The quantitative estimate of drug-likeness (QED) is 0.461. The first kappa shape index (κ1) is 24.9. The fourth-order valence-corrected chi connectivity index (χ4v) is 5.26. The van der Waals surface area contributed by atoms with Gasteiger partial charge in [-0.15, -0.1) is 0 Å². The molecule has 2 aromatic carbocycles. The molecule has 186 valence electrons. The van der Waals surface area contributed by atoms with Gasteiger partial charge in [-0.05, 0) is 48.4 Å². The van der Waals surface area contributed by atoms with E-state index in [1.807, 2.05) is 12.1 Å². The summed E-state index contributed by atoms with van der Waals surface area (Å²) in [7, 11) is 0. The fraction of sp³-hybridized carbons (Fsp3) is 0.481. The maximum atomic E-state index is 13.5. The van der Waals surface area contributed by atoms with E-state index in [0.29, 0.717) is 43.6 Å². The Bertz CT molecular complexity index is 1060. The van der Waals surface area contributed by atoms with Crippen LogP contribution in [0.3, 0.4) is 0 Å². The van der Waals surface area contributed by atoms with E-state index in [-0.39, 0.29) is 23.5 Å². The highest BCUT2D eigenvalue weighted by Crippen LogP contribution is 2.32. The van der Waals surface area contributed by atoms with Crippen LogP contribution in [0.2, 0.25) is 0 Å². The lowest BCUT2D eigenvalue weighted by Crippen LogP contribution is -2.56. The van der Waals surface area contributed by atoms with Crippen molar-refractivity contribution in [3.8, 4) is 0 Å². The Labute approximate surface area is 206 Å². The number of non-ortho nitro benzene ring substituents is 1. The summed E-state index contributed by atoms with van der Waals surface area (Å²) in [6, 6.07) is 13.7. The van der Waals surface area contributed by atoms with Crippen molar-refractivity contribution in [1.82, 2.24) is 9.80 Å². The van der Waals surface area contributed by atoms with Gasteiger partial charge in [0, 0.05) is 49.6 Å². The third-order valence-corrected chi connectivity index (χ3v) is 7.26. The molecule has 0 unspecified atom stereocenters. The van der Waals surface area contributed by atoms with Crippen LogP contribution in [0.1, 0.15) is 61.4 Å². The largest absolute Gasteiger partial charge is 0.336 e. The zero-order chi connectivity index (χ0) is 24.9. The number of hydrogen-bond acceptors (Lipinski definition) is 5. The molecule has 4 rings (SSSR count). The first-order valence-electron chi connectivity index (χ1n) is 12.5. The van der Waals surface area contributed by atoms with Gasteiger partial charge in [-0.2, -0.15) is 0 Å². The van der Waals surface area contributed by atoms with Crippen LogP contribution in [-0.2, 0) is 4.79 Å². The van der Waals surface area contributed by atoms with Gasteiger partial charge in [-0.1, -0.05) is 44.9 Å². The Morgan fingerprint density at radius 3 is 2.26 bits per heavy atom. The van der Waals surface area contributed by atoms with Gasteiger partial charge in [0.25, 0.3) is 11.6 Å². The lowest BCUT2D eigenvalue weighted by atomic mass is 9.94. The minimum Gasteiger partial charge on any atom is -0.336 e. The number of benzene rings is 2. The highest BCUT2D eigenvalue weighted by Gasteiger charge is 2.37. The van der Waals surface area contributed by atoms with Crippen LogP contribution < -0.4 is 5.32 Å². The predicted molar refractivity (Wildman–Crippen MR) is 135 cm³/mol. The molecular weight excluding hydrogens is 444 g/mol. The second-order valence-electron chi connectivity index (χ2n) is 9.89. The summed E-state index contributed by atoms with van der Waals surface area (Å²) in [5.41, 5.74) is 2.28. The molecule has 1 N–H and O–H groups in total. The number of rotatable bonds is 7. The normalized spacial score (nSPS) is 18.0. The van der Waals surface area contributed by atoms with Crippen molar-refractivity contribution < 1.29 is 14.5 Å². The Balaban J connectivity index is 1.42. The van der Waals surface area contributed by atoms with Gasteiger partial charge in [0.2, 0.25) is 5.91 Å². The Morgan fingerprint density at radius 1 is 1.00 bits per heavy atom. The third kappa shape index (κ3) is 5.88. The van der Waals surface area contributed by atoms with Gasteiger partial charge in [0.15, 0.2) is 0 Å². The standard InChI is InChI=1S/C27H34N4O4/c1-19(2)20-10-12-23(13-11-20)28-26(32)25(21-6-3-4-7-21)29-14-16-30(17-15-29)27(33)22-8-5-9-24(18-22)31(34)35/h5,8-13,18-19,21,25H,3-4,6-7,14-17H2,1-2H3,(H,28,32)/t25-/m1/s1. The molecule has 8 heteroatoms. The molecule has 35 heavy (non-hydrogen) atoms. The van der Waals surface area contributed by atoms with Crippen LogP contribution in [0.25, 0.3) is 0 Å². The van der Waals surface area contributed by atoms with Gasteiger partial charge >= 0.3 is 0 Å². The highest BCUT2D eigenvalue weighted by molar-refractivity contribution is 5.96. The number of amides is 2. The number of carbonyl (C=O) groups excluding carboxylic acids is 2. The van der Waals surface area contributed by atoms with Gasteiger partial charge in [-0.25, -0.2) is 0 Å². The van der Waals surface area contributed by atoms with E-state index in [9.17, 15) is 19.7 Å². The number of nitro benzene ring substituents is 1. The van der Waals surface area contributed by atoms with Crippen molar-refractivity contribution in [3.05, 3.63) is 69.8 Å². The third-order valence-electron chi connectivity index (χ3n) is 7.26. The molecule has 2 aliphatic rings. The number of carbonyl (C=O) groups is 2. The average molecular weight is 479 g/mol. The van der Waals surface area contributed by atoms with E-state index >= 15 is 0 Å². The van der Waals surface area contributed by atoms with E-state index < -0.39 is 4.92 Å². The lowest BCUT2D eigenvalue weighted by molar-refractivity contribution is -0.384. The number of hydrogen-bond donors (Lipinski definition) is 1. The summed E-state index contributed by atoms with van der Waals surface area (Å²) >= 11 is 0. The molecule has 0 aromatic heterocycles. The van der Waals surface area contributed by atoms with E-state index in [2.05, 4.69) is 36.2 Å². The summed E-state index contributed by atoms with van der Waals surface area (Å²) in [5.74, 6) is 0.559. The molecule has 2 fully saturated rings. The molecule has 1 saturated carbocycles. The van der Waals surface area contributed by atoms with Gasteiger partial charge in [0.1, 0.15) is 0 Å². The van der Waals surface area contributed by atoms with E-state index in [1.54, 1.807) is 11.0 Å². The van der Waals surface area contributed by atoms with Crippen LogP contribution in [-0.4, -0.2) is 58.8 Å². The second kappa shape index (κ2) is 11.0. The smallest absolute Gasteiger partial charge is 0.270 e. The molecule has 1 atom stereocenters. The molecule has 1 heterocycles. The Hall–Kier alpha value is -3.26. The molecule has 1 aliphatic heterocycles. The maximum Gasteiger partial charge on any atom is 0.270 e. The Morgan fingerprint density at radius 2 is 1.66 bits per heavy atom. The number of nitrogens with zero attached hydrogens (tertiary/aromatic N) is 3. The van der Waals surface area contributed by atoms with Crippen molar-refractivity contribution in [1.29, 1.82) is 0 Å². The molecule has 2 amide bonds. The van der Waals surface area contributed by atoms with Crippen molar-refractivity contribution in [2.24, 2.45) is 5.92 Å². The van der Waals surface area contributed by atoms with Gasteiger partial charge in [-0.3, -0.25) is 24.6 Å². The van der Waals surface area contributed by atoms with Crippen LogP contribution >= 0.6 is 0 Å². The van der Waals surface area contributed by atoms with Crippen LogP contribution in [0.4, 0.5) is 11.4 Å². The molecule has 8 nitrogen and oxygen atoms in total. The summed E-state index contributed by atoms with van der Waals surface area (Å²) < 4.78 is 0. The lowest BCUT2D eigenvalue weighted by Gasteiger charge is -2.40. The molecule has 0 bridgehead atoms. The molecule has 1 saturated heterocycles. The first-order valence-corrected chi connectivity index (χ1v) is 12.5. The van der Waals surface area contributed by atoms with E-state index in [1.165, 1.54) is 23.8 Å². The second-order valence-corrected chi connectivity index (χ2v) is 9.89. The number of anilines is 1. The van der Waals surface area contributed by atoms with Crippen LogP contribution in [0, 0.1) is 16.0 Å². The number of piperazine rings is 1. The summed E-state index contributed by atoms with van der Waals surface area (Å²) in [6.45, 7) is 6.46. The maximum absolute atomic E-state index is 13.5. The summed E-state index contributed by atoms with van der Waals surface area (Å²) in [5, 5.41) is 14.2. The zero-order valence-corrected chi connectivity index (χ0v) is 20.5. The molecule has 2 aromatic rings. The van der Waals surface area contributed by atoms with Gasteiger partial charge in [0.05, 0.1) is 11.0 Å². The van der Waals surface area contributed by atoms with Crippen molar-refractivity contribution >= 4 is 23.2 Å². The van der Waals surface area contributed by atoms with Crippen molar-refractivity contribution in [2.45, 2.75) is 51.5 Å². The monoisotopic (exact) mass is 478 g/mol. The topological polar surface area (TPSA) is 95.8 Å². The zero-order valence-electron chi connectivity index (χ0n) is 20.5. The average Bonchev–Trinajstić information content (AvgIpc) is 3.39. The number of nitro groups is 1. The Kier molecular flexibility index (Phi) is 7.80. The van der Waals surface area contributed by atoms with E-state index in [0.717, 1.165) is 31.4 Å². The van der Waals surface area contributed by atoms with Crippen LogP contribution in [0.5, 0.6) is 0 Å². The van der Waals surface area contributed by atoms with Crippen molar-refractivity contribution in [2.75, 3.05) is 31.5 Å². The van der Waals surface area contributed by atoms with Crippen molar-refractivity contribution in [3.63, 3.8) is 0 Å². The molecule has 0 spiro atoms. The van der Waals surface area contributed by atoms with E-state index in [4.69, 9.17) is 0 Å². The molecular formula is C27H34N4O4. The minimum absolute atomic E-state index is 0.0210. The number of nitrogens with one attached hydrogen (secondary N) is 1. The predicted octanol–water partition coefficient (Wildman–Crippen LogP) is 4.67. The molecule has 0 radical (unpaired) electrons. The summed E-state index contributed by atoms with van der Waals surface area (Å²) in [6.07, 6.45) is 4.36. The summed E-state index contributed by atoms with van der Waals surface area (Å²) in [4.78, 5) is 40.9. The van der Waals surface area contributed by atoms with Gasteiger partial charge < -0.3 is 10.2 Å². The SMILES string of the molecule is CC(C)c1ccc(NC(=O)[C@@H](C2CCCC2)N2CCN(C(=O)c3cccc([N+](=O)[O-])c3)CC2)cc1. The first-order chi connectivity index (χ1) is 16.8. The molecule has 1 aliphatic carbocycles. The fourth-order valence-electron chi connectivity index (χ4n) is 5.26. The minimum atomic E-state index is -0.490.